The predicted octanol–water partition coefficient (Wildman–Crippen LogP) is 7.29. The Morgan fingerprint density at radius 2 is 1.00 bits per heavy atom. The smallest absolute Gasteiger partial charge is 0.305 e. The first-order valence-electron chi connectivity index (χ1n) is 11.5. The van der Waals surface area contributed by atoms with Crippen LogP contribution < -0.4 is 0 Å². The standard InChI is InChI=1S/C16H30O4.C7H16/c1-2-3-4-5-6-7-8-11-14-20-16(19)13-10-9-12-15(17)18;1-3-5-7-6-4-2/h2-14H2,1H3,(H,17,18);3-7H2,1-2H3. The lowest BCUT2D eigenvalue weighted by Crippen LogP contribution is -2.06. The molecule has 0 bridgehead atoms. The van der Waals surface area contributed by atoms with E-state index in [0.29, 0.717) is 25.9 Å². The van der Waals surface area contributed by atoms with Crippen LogP contribution in [0.25, 0.3) is 0 Å². The lowest BCUT2D eigenvalue weighted by Gasteiger charge is -2.04. The first-order valence-corrected chi connectivity index (χ1v) is 11.5. The number of unbranched alkanes of at least 4 members (excludes halogenated alkanes) is 12. The number of ether oxygens (including phenoxy) is 1. The van der Waals surface area contributed by atoms with Gasteiger partial charge >= 0.3 is 11.9 Å². The van der Waals surface area contributed by atoms with Gasteiger partial charge in [0.2, 0.25) is 0 Å². The van der Waals surface area contributed by atoms with Gasteiger partial charge in [-0.05, 0) is 19.3 Å². The highest BCUT2D eigenvalue weighted by atomic mass is 16.5. The predicted molar refractivity (Wildman–Crippen MR) is 114 cm³/mol. The Morgan fingerprint density at radius 1 is 0.593 bits per heavy atom. The van der Waals surface area contributed by atoms with Crippen molar-refractivity contribution in [3.05, 3.63) is 0 Å². The van der Waals surface area contributed by atoms with E-state index >= 15 is 0 Å². The van der Waals surface area contributed by atoms with E-state index in [4.69, 9.17) is 9.84 Å². The van der Waals surface area contributed by atoms with Crippen LogP contribution in [0.5, 0.6) is 0 Å². The molecule has 4 heteroatoms. The van der Waals surface area contributed by atoms with E-state index in [1.807, 2.05) is 0 Å². The summed E-state index contributed by atoms with van der Waals surface area (Å²) in [4.78, 5) is 21.6. The number of carboxylic acids is 1. The SMILES string of the molecule is CCCCCCC.CCCCCCCCCCOC(=O)CCCCC(=O)O. The minimum Gasteiger partial charge on any atom is -0.481 e. The van der Waals surface area contributed by atoms with Crippen LogP contribution >= 0.6 is 0 Å². The zero-order valence-electron chi connectivity index (χ0n) is 18.4. The Balaban J connectivity index is 0. The van der Waals surface area contributed by atoms with Gasteiger partial charge in [-0.25, -0.2) is 0 Å². The molecular weight excluding hydrogens is 340 g/mol. The molecule has 0 aromatic carbocycles. The van der Waals surface area contributed by atoms with Crippen LogP contribution in [-0.2, 0) is 14.3 Å². The topological polar surface area (TPSA) is 63.6 Å². The molecule has 0 rings (SSSR count). The molecule has 0 saturated heterocycles. The fourth-order valence-electron chi connectivity index (χ4n) is 2.72. The van der Waals surface area contributed by atoms with Crippen molar-refractivity contribution in [3.63, 3.8) is 0 Å². The molecule has 0 heterocycles. The van der Waals surface area contributed by atoms with Gasteiger partial charge in [-0.1, -0.05) is 97.8 Å². The van der Waals surface area contributed by atoms with Gasteiger partial charge in [-0.2, -0.15) is 0 Å². The Morgan fingerprint density at radius 3 is 1.48 bits per heavy atom. The van der Waals surface area contributed by atoms with Crippen molar-refractivity contribution < 1.29 is 19.4 Å². The van der Waals surface area contributed by atoms with E-state index in [-0.39, 0.29) is 12.4 Å². The van der Waals surface area contributed by atoms with Gasteiger partial charge in [0.1, 0.15) is 0 Å². The molecule has 4 nitrogen and oxygen atoms in total. The third kappa shape index (κ3) is 29.9. The summed E-state index contributed by atoms with van der Waals surface area (Å²) < 4.78 is 5.11. The van der Waals surface area contributed by atoms with Crippen molar-refractivity contribution in [2.45, 2.75) is 130 Å². The molecule has 0 spiro atoms. The number of carboxylic acid groups (broad SMARTS) is 1. The van der Waals surface area contributed by atoms with Gasteiger partial charge in [0, 0.05) is 12.8 Å². The Labute approximate surface area is 168 Å². The lowest BCUT2D eigenvalue weighted by atomic mass is 10.1. The molecule has 0 fully saturated rings. The molecule has 0 amide bonds. The van der Waals surface area contributed by atoms with Crippen molar-refractivity contribution >= 4 is 11.9 Å². The highest BCUT2D eigenvalue weighted by Crippen LogP contribution is 2.09. The molecule has 27 heavy (non-hydrogen) atoms. The molecule has 0 unspecified atom stereocenters. The summed E-state index contributed by atoms with van der Waals surface area (Å²) in [5.74, 6) is -1.00. The number of hydrogen-bond acceptors (Lipinski definition) is 3. The van der Waals surface area contributed by atoms with Gasteiger partial charge in [0.25, 0.3) is 0 Å². The second-order valence-electron chi connectivity index (χ2n) is 7.36. The second kappa shape index (κ2) is 24.9. The maximum atomic E-state index is 11.3. The average molecular weight is 387 g/mol. The second-order valence-corrected chi connectivity index (χ2v) is 7.36. The fourth-order valence-corrected chi connectivity index (χ4v) is 2.72. The zero-order chi connectivity index (χ0) is 20.6. The Kier molecular flexibility index (Phi) is 26.0. The number of esters is 1. The molecule has 0 atom stereocenters. The van der Waals surface area contributed by atoms with Crippen LogP contribution in [0.4, 0.5) is 0 Å². The number of carbonyl (C=O) groups excluding carboxylic acids is 1. The van der Waals surface area contributed by atoms with Crippen LogP contribution in [0.2, 0.25) is 0 Å². The van der Waals surface area contributed by atoms with Crippen LogP contribution in [0.15, 0.2) is 0 Å². The molecule has 0 aliphatic heterocycles. The van der Waals surface area contributed by atoms with Crippen molar-refractivity contribution in [3.8, 4) is 0 Å². The van der Waals surface area contributed by atoms with Crippen molar-refractivity contribution in [2.24, 2.45) is 0 Å². The van der Waals surface area contributed by atoms with E-state index in [1.54, 1.807) is 0 Å². The summed E-state index contributed by atoms with van der Waals surface area (Å²) in [5.41, 5.74) is 0. The molecule has 0 aromatic rings. The van der Waals surface area contributed by atoms with Crippen LogP contribution in [-0.4, -0.2) is 23.7 Å². The van der Waals surface area contributed by atoms with E-state index in [9.17, 15) is 9.59 Å². The lowest BCUT2D eigenvalue weighted by molar-refractivity contribution is -0.144. The van der Waals surface area contributed by atoms with Gasteiger partial charge < -0.3 is 9.84 Å². The summed E-state index contributed by atoms with van der Waals surface area (Å²) >= 11 is 0. The van der Waals surface area contributed by atoms with Crippen LogP contribution in [0, 0.1) is 0 Å². The number of carbonyl (C=O) groups is 2. The minimum absolute atomic E-state index is 0.130. The summed E-state index contributed by atoms with van der Waals surface area (Å²) in [6.45, 7) is 7.22. The fraction of sp³-hybridized carbons (Fsp3) is 0.913. The molecule has 0 saturated carbocycles. The third-order valence-corrected chi connectivity index (χ3v) is 4.49. The number of hydrogen-bond donors (Lipinski definition) is 1. The Bertz CT molecular complexity index is 312. The van der Waals surface area contributed by atoms with E-state index in [2.05, 4.69) is 20.8 Å². The minimum atomic E-state index is -0.808. The first kappa shape index (κ1) is 28.2. The molecule has 0 aliphatic rings. The van der Waals surface area contributed by atoms with Crippen LogP contribution in [0.1, 0.15) is 130 Å². The summed E-state index contributed by atoms with van der Waals surface area (Å²) in [7, 11) is 0. The number of rotatable bonds is 18. The largest absolute Gasteiger partial charge is 0.481 e. The number of aliphatic carboxylic acids is 1. The molecule has 162 valence electrons. The van der Waals surface area contributed by atoms with E-state index in [1.165, 1.54) is 70.6 Å². The first-order chi connectivity index (χ1) is 13.1. The van der Waals surface area contributed by atoms with E-state index in [0.717, 1.165) is 12.8 Å². The molecular formula is C23H46O4. The molecule has 0 radical (unpaired) electrons. The van der Waals surface area contributed by atoms with Gasteiger partial charge in [-0.3, -0.25) is 9.59 Å². The quantitative estimate of drug-likeness (QED) is 0.198. The average Bonchev–Trinajstić information content (AvgIpc) is 2.65. The van der Waals surface area contributed by atoms with Crippen molar-refractivity contribution in [1.29, 1.82) is 0 Å². The normalized spacial score (nSPS) is 10.2. The zero-order valence-corrected chi connectivity index (χ0v) is 18.4. The van der Waals surface area contributed by atoms with Gasteiger partial charge in [0.15, 0.2) is 0 Å². The van der Waals surface area contributed by atoms with Gasteiger partial charge in [-0.15, -0.1) is 0 Å². The highest BCUT2D eigenvalue weighted by Gasteiger charge is 2.03. The summed E-state index contributed by atoms with van der Waals surface area (Å²) in [5, 5.41) is 8.45. The monoisotopic (exact) mass is 386 g/mol. The third-order valence-electron chi connectivity index (χ3n) is 4.49. The van der Waals surface area contributed by atoms with E-state index < -0.39 is 5.97 Å². The molecule has 0 aromatic heterocycles. The molecule has 0 aliphatic carbocycles. The van der Waals surface area contributed by atoms with Gasteiger partial charge in [0.05, 0.1) is 6.61 Å². The maximum Gasteiger partial charge on any atom is 0.305 e. The van der Waals surface area contributed by atoms with Crippen LogP contribution in [0.3, 0.4) is 0 Å². The Hall–Kier alpha value is -1.06. The van der Waals surface area contributed by atoms with Crippen molar-refractivity contribution in [2.75, 3.05) is 6.61 Å². The highest BCUT2D eigenvalue weighted by molar-refractivity contribution is 5.69. The summed E-state index contributed by atoms with van der Waals surface area (Å²) in [6, 6.07) is 0. The maximum absolute atomic E-state index is 11.3. The van der Waals surface area contributed by atoms with Crippen molar-refractivity contribution in [1.82, 2.24) is 0 Å². The summed E-state index contributed by atoms with van der Waals surface area (Å²) in [6.07, 6.45) is 18.5. The molecule has 1 N–H and O–H groups in total.